The van der Waals surface area contributed by atoms with E-state index in [0.717, 1.165) is 0 Å². The Hall–Kier alpha value is -2.54. The van der Waals surface area contributed by atoms with E-state index in [4.69, 9.17) is 0 Å². The molecule has 0 saturated carbocycles. The van der Waals surface area contributed by atoms with Gasteiger partial charge in [0, 0.05) is 17.1 Å². The molecule has 25 heavy (non-hydrogen) atoms. The summed E-state index contributed by atoms with van der Waals surface area (Å²) < 4.78 is 0. The van der Waals surface area contributed by atoms with Crippen molar-refractivity contribution in [2.75, 3.05) is 4.90 Å². The van der Waals surface area contributed by atoms with E-state index >= 15 is 0 Å². The highest BCUT2D eigenvalue weighted by atomic mass is 15.1. The summed E-state index contributed by atoms with van der Waals surface area (Å²) in [6, 6.07) is 28.0. The lowest BCUT2D eigenvalue weighted by Crippen LogP contribution is -2.14. The molecular weight excluding hydrogens is 302 g/mol. The van der Waals surface area contributed by atoms with Crippen molar-refractivity contribution in [3.05, 3.63) is 90.0 Å². The van der Waals surface area contributed by atoms with Gasteiger partial charge in [0.15, 0.2) is 0 Å². The Bertz CT molecular complexity index is 765. The van der Waals surface area contributed by atoms with Crippen LogP contribution >= 0.6 is 0 Å². The highest BCUT2D eigenvalue weighted by Crippen LogP contribution is 2.41. The van der Waals surface area contributed by atoms with Crippen molar-refractivity contribution in [2.24, 2.45) is 0 Å². The van der Waals surface area contributed by atoms with Gasteiger partial charge >= 0.3 is 0 Å². The second-order valence-corrected chi connectivity index (χ2v) is 7.10. The zero-order chi connectivity index (χ0) is 17.8. The quantitative estimate of drug-likeness (QED) is 0.471. The van der Waals surface area contributed by atoms with Gasteiger partial charge in [0.1, 0.15) is 0 Å². The maximum Gasteiger partial charge on any atom is 0.0499 e. The molecule has 0 atom stereocenters. The Labute approximate surface area is 151 Å². The van der Waals surface area contributed by atoms with Crippen LogP contribution in [0.3, 0.4) is 0 Å². The maximum atomic E-state index is 2.38. The fraction of sp³-hybridized carbons (Fsp3) is 0.250. The van der Waals surface area contributed by atoms with Crippen molar-refractivity contribution in [1.82, 2.24) is 0 Å². The minimum Gasteiger partial charge on any atom is -0.310 e. The van der Waals surface area contributed by atoms with Crippen molar-refractivity contribution in [3.8, 4) is 0 Å². The fourth-order valence-electron chi connectivity index (χ4n) is 3.48. The third-order valence-corrected chi connectivity index (χ3v) is 4.59. The van der Waals surface area contributed by atoms with Crippen molar-refractivity contribution in [2.45, 2.75) is 39.5 Å². The van der Waals surface area contributed by atoms with E-state index in [-0.39, 0.29) is 0 Å². The molecule has 0 aliphatic heterocycles. The Morgan fingerprint density at radius 2 is 1.08 bits per heavy atom. The van der Waals surface area contributed by atoms with Crippen LogP contribution in [-0.2, 0) is 0 Å². The molecule has 0 fully saturated rings. The number of rotatable bonds is 5. The van der Waals surface area contributed by atoms with Crippen molar-refractivity contribution < 1.29 is 0 Å². The normalized spacial score (nSPS) is 11.1. The largest absolute Gasteiger partial charge is 0.310 e. The summed E-state index contributed by atoms with van der Waals surface area (Å²) in [6.07, 6.45) is 0. The first-order valence-electron chi connectivity index (χ1n) is 9.12. The van der Waals surface area contributed by atoms with E-state index in [2.05, 4.69) is 111 Å². The molecule has 0 bridgehead atoms. The molecule has 1 heteroatoms. The Kier molecular flexibility index (Phi) is 5.23. The van der Waals surface area contributed by atoms with E-state index in [1.807, 2.05) is 0 Å². The average Bonchev–Trinajstić information content (AvgIpc) is 2.63. The molecule has 0 unspecified atom stereocenters. The summed E-state index contributed by atoms with van der Waals surface area (Å²) in [4.78, 5) is 2.38. The molecular formula is C24H27N. The molecule has 0 spiro atoms. The van der Waals surface area contributed by atoms with Crippen LogP contribution in [0.25, 0.3) is 0 Å². The van der Waals surface area contributed by atoms with Crippen LogP contribution in [0.2, 0.25) is 0 Å². The van der Waals surface area contributed by atoms with Crippen molar-refractivity contribution in [1.29, 1.82) is 0 Å². The second-order valence-electron chi connectivity index (χ2n) is 7.10. The van der Waals surface area contributed by atoms with Crippen molar-refractivity contribution in [3.63, 3.8) is 0 Å². The van der Waals surface area contributed by atoms with Gasteiger partial charge in [-0.05, 0) is 53.3 Å². The molecule has 0 radical (unpaired) electrons. The molecule has 0 amide bonds. The van der Waals surface area contributed by atoms with Crippen LogP contribution in [0.15, 0.2) is 78.9 Å². The van der Waals surface area contributed by atoms with E-state index in [0.29, 0.717) is 11.8 Å². The Morgan fingerprint density at radius 3 is 1.52 bits per heavy atom. The summed E-state index contributed by atoms with van der Waals surface area (Å²) in [5.41, 5.74) is 6.53. The second kappa shape index (κ2) is 7.57. The van der Waals surface area contributed by atoms with Crippen LogP contribution in [0.4, 0.5) is 17.1 Å². The van der Waals surface area contributed by atoms with Gasteiger partial charge in [-0.25, -0.2) is 0 Å². The zero-order valence-corrected chi connectivity index (χ0v) is 15.6. The predicted octanol–water partition coefficient (Wildman–Crippen LogP) is 7.40. The first-order chi connectivity index (χ1) is 12.1. The van der Waals surface area contributed by atoms with Crippen LogP contribution < -0.4 is 4.90 Å². The molecule has 3 rings (SSSR count). The van der Waals surface area contributed by atoms with Gasteiger partial charge in [0.2, 0.25) is 0 Å². The first kappa shape index (κ1) is 17.3. The van der Waals surface area contributed by atoms with Gasteiger partial charge in [-0.3, -0.25) is 0 Å². The van der Waals surface area contributed by atoms with E-state index in [1.54, 1.807) is 0 Å². The van der Waals surface area contributed by atoms with Crippen LogP contribution in [0, 0.1) is 0 Å². The topological polar surface area (TPSA) is 3.24 Å². The van der Waals surface area contributed by atoms with Gasteiger partial charge in [-0.15, -0.1) is 0 Å². The predicted molar refractivity (Wildman–Crippen MR) is 109 cm³/mol. The van der Waals surface area contributed by atoms with Gasteiger partial charge in [-0.2, -0.15) is 0 Å². The summed E-state index contributed by atoms with van der Waals surface area (Å²) >= 11 is 0. The summed E-state index contributed by atoms with van der Waals surface area (Å²) in [7, 11) is 0. The highest BCUT2D eigenvalue weighted by molar-refractivity contribution is 5.79. The van der Waals surface area contributed by atoms with Gasteiger partial charge in [0.25, 0.3) is 0 Å². The molecule has 1 nitrogen and oxygen atoms in total. The lowest BCUT2D eigenvalue weighted by atomic mass is 9.88. The highest BCUT2D eigenvalue weighted by Gasteiger charge is 2.20. The van der Waals surface area contributed by atoms with Crippen LogP contribution in [0.1, 0.15) is 50.7 Å². The van der Waals surface area contributed by atoms with Crippen LogP contribution in [-0.4, -0.2) is 0 Å². The number of anilines is 3. The molecule has 0 aliphatic rings. The zero-order valence-electron chi connectivity index (χ0n) is 15.6. The standard InChI is InChI=1S/C24H27N/c1-18(2)22-16-11-17-23(24(22)19(3)4)25(20-12-7-5-8-13-20)21-14-9-6-10-15-21/h5-19H,1-4H3. The van der Waals surface area contributed by atoms with Gasteiger partial charge < -0.3 is 4.90 Å². The Balaban J connectivity index is 2.26. The lowest BCUT2D eigenvalue weighted by molar-refractivity contribution is 0.789. The van der Waals surface area contributed by atoms with E-state index in [9.17, 15) is 0 Å². The summed E-state index contributed by atoms with van der Waals surface area (Å²) in [5, 5.41) is 0. The minimum atomic E-state index is 0.462. The van der Waals surface area contributed by atoms with Crippen LogP contribution in [0.5, 0.6) is 0 Å². The monoisotopic (exact) mass is 329 g/mol. The summed E-state index contributed by atoms with van der Waals surface area (Å²) in [6.45, 7) is 9.14. The van der Waals surface area contributed by atoms with Crippen molar-refractivity contribution >= 4 is 17.1 Å². The fourth-order valence-corrected chi connectivity index (χ4v) is 3.48. The molecule has 0 aromatic heterocycles. The average molecular weight is 329 g/mol. The molecule has 3 aromatic rings. The number of benzene rings is 3. The molecule has 128 valence electrons. The number of para-hydroxylation sites is 2. The number of hydrogen-bond donors (Lipinski definition) is 0. The molecule has 0 saturated heterocycles. The Morgan fingerprint density at radius 1 is 0.560 bits per heavy atom. The molecule has 3 aromatic carbocycles. The maximum absolute atomic E-state index is 2.38. The third kappa shape index (κ3) is 3.61. The first-order valence-corrected chi connectivity index (χ1v) is 9.12. The smallest absolute Gasteiger partial charge is 0.0499 e. The third-order valence-electron chi connectivity index (χ3n) is 4.59. The SMILES string of the molecule is CC(C)c1cccc(N(c2ccccc2)c2ccccc2)c1C(C)C. The molecule has 0 N–H and O–H groups in total. The van der Waals surface area contributed by atoms with E-state index in [1.165, 1.54) is 28.2 Å². The minimum absolute atomic E-state index is 0.462. The number of nitrogens with zero attached hydrogens (tertiary/aromatic N) is 1. The lowest BCUT2D eigenvalue weighted by Gasteiger charge is -2.30. The van der Waals surface area contributed by atoms with Gasteiger partial charge in [0.05, 0.1) is 0 Å². The molecule has 0 heterocycles. The molecule has 0 aliphatic carbocycles. The van der Waals surface area contributed by atoms with Gasteiger partial charge in [-0.1, -0.05) is 76.2 Å². The number of hydrogen-bond acceptors (Lipinski definition) is 1. The van der Waals surface area contributed by atoms with E-state index < -0.39 is 0 Å². The summed E-state index contributed by atoms with van der Waals surface area (Å²) in [5.74, 6) is 0.967.